The molecule has 0 spiro atoms. The van der Waals surface area contributed by atoms with Crippen molar-refractivity contribution >= 4 is 34.8 Å². The fraction of sp³-hybridized carbons (Fsp3) is 0.130. The number of carbonyl (C=O) groups excluding carboxylic acids is 2. The Morgan fingerprint density at radius 2 is 1.67 bits per heavy atom. The van der Waals surface area contributed by atoms with Crippen molar-refractivity contribution in [1.29, 1.82) is 0 Å². The van der Waals surface area contributed by atoms with E-state index in [-0.39, 0.29) is 22.4 Å². The molecule has 3 aromatic carbocycles. The zero-order valence-electron chi connectivity index (χ0n) is 16.6. The molecule has 154 valence electrons. The van der Waals surface area contributed by atoms with Crippen molar-refractivity contribution in [3.63, 3.8) is 0 Å². The van der Waals surface area contributed by atoms with Crippen LogP contribution in [0.5, 0.6) is 11.5 Å². The summed E-state index contributed by atoms with van der Waals surface area (Å²) < 4.78 is 11.0. The van der Waals surface area contributed by atoms with Crippen LogP contribution in [0.2, 0.25) is 5.02 Å². The van der Waals surface area contributed by atoms with Gasteiger partial charge in [-0.1, -0.05) is 41.9 Å². The van der Waals surface area contributed by atoms with Crippen LogP contribution >= 0.6 is 11.6 Å². The van der Waals surface area contributed by atoms with Gasteiger partial charge in [-0.05, 0) is 35.9 Å². The van der Waals surface area contributed by atoms with Gasteiger partial charge in [0.15, 0.2) is 0 Å². The SMILES string of the molecule is COc1cc(NC(C)=O)c(Cl)cc1C(=O)Nc1ccc(OCc2ccccc2)cc1. The molecule has 0 fully saturated rings. The summed E-state index contributed by atoms with van der Waals surface area (Å²) in [5.41, 5.74) is 2.29. The van der Waals surface area contributed by atoms with Gasteiger partial charge < -0.3 is 20.1 Å². The predicted octanol–water partition coefficient (Wildman–Crippen LogP) is 5.14. The Labute approximate surface area is 179 Å². The maximum atomic E-state index is 12.7. The minimum absolute atomic E-state index is 0.237. The summed E-state index contributed by atoms with van der Waals surface area (Å²) in [5.74, 6) is 0.326. The average Bonchev–Trinajstić information content (AvgIpc) is 2.74. The molecule has 0 heterocycles. The van der Waals surface area contributed by atoms with Crippen LogP contribution in [0, 0.1) is 0 Å². The third-order valence-electron chi connectivity index (χ3n) is 4.21. The van der Waals surface area contributed by atoms with Gasteiger partial charge in [-0.25, -0.2) is 0 Å². The van der Waals surface area contributed by atoms with E-state index in [4.69, 9.17) is 21.1 Å². The summed E-state index contributed by atoms with van der Waals surface area (Å²) in [6, 6.07) is 19.9. The first kappa shape index (κ1) is 21.2. The molecule has 0 unspecified atom stereocenters. The molecule has 0 bridgehead atoms. The predicted molar refractivity (Wildman–Crippen MR) is 117 cm³/mol. The molecule has 0 radical (unpaired) electrons. The van der Waals surface area contributed by atoms with E-state index in [1.165, 1.54) is 26.2 Å². The lowest BCUT2D eigenvalue weighted by Gasteiger charge is -2.13. The zero-order chi connectivity index (χ0) is 21.5. The topological polar surface area (TPSA) is 76.7 Å². The van der Waals surface area contributed by atoms with Crippen LogP contribution in [-0.2, 0) is 11.4 Å². The summed E-state index contributed by atoms with van der Waals surface area (Å²) in [6.07, 6.45) is 0. The quantitative estimate of drug-likeness (QED) is 0.550. The number of methoxy groups -OCH3 is 1. The van der Waals surface area contributed by atoms with Gasteiger partial charge in [-0.15, -0.1) is 0 Å². The number of carbonyl (C=O) groups is 2. The number of amides is 2. The molecule has 6 nitrogen and oxygen atoms in total. The number of rotatable bonds is 7. The van der Waals surface area contributed by atoms with Gasteiger partial charge >= 0.3 is 0 Å². The fourth-order valence-electron chi connectivity index (χ4n) is 2.76. The highest BCUT2D eigenvalue weighted by atomic mass is 35.5. The van der Waals surface area contributed by atoms with Crippen LogP contribution < -0.4 is 20.1 Å². The van der Waals surface area contributed by atoms with E-state index in [0.29, 0.717) is 29.5 Å². The van der Waals surface area contributed by atoms with Gasteiger partial charge in [0.25, 0.3) is 5.91 Å². The lowest BCUT2D eigenvalue weighted by Crippen LogP contribution is -2.14. The molecule has 0 saturated carbocycles. The third-order valence-corrected chi connectivity index (χ3v) is 4.52. The maximum Gasteiger partial charge on any atom is 0.259 e. The highest BCUT2D eigenvalue weighted by Gasteiger charge is 2.17. The van der Waals surface area contributed by atoms with E-state index in [1.54, 1.807) is 24.3 Å². The normalized spacial score (nSPS) is 10.2. The van der Waals surface area contributed by atoms with Crippen molar-refractivity contribution in [1.82, 2.24) is 0 Å². The summed E-state index contributed by atoms with van der Waals surface area (Å²) in [4.78, 5) is 24.0. The van der Waals surface area contributed by atoms with Crippen molar-refractivity contribution < 1.29 is 19.1 Å². The first-order chi connectivity index (χ1) is 14.5. The number of nitrogens with one attached hydrogen (secondary N) is 2. The molecule has 0 atom stereocenters. The number of ether oxygens (including phenoxy) is 2. The van der Waals surface area contributed by atoms with Crippen LogP contribution in [0.25, 0.3) is 0 Å². The number of hydrogen-bond donors (Lipinski definition) is 2. The van der Waals surface area contributed by atoms with Crippen LogP contribution in [0.4, 0.5) is 11.4 Å². The van der Waals surface area contributed by atoms with Gasteiger partial charge in [0, 0.05) is 18.7 Å². The minimum Gasteiger partial charge on any atom is -0.496 e. The first-order valence-electron chi connectivity index (χ1n) is 9.19. The minimum atomic E-state index is -0.388. The highest BCUT2D eigenvalue weighted by Crippen LogP contribution is 2.31. The monoisotopic (exact) mass is 424 g/mol. The van der Waals surface area contributed by atoms with E-state index in [9.17, 15) is 9.59 Å². The van der Waals surface area contributed by atoms with Gasteiger partial charge in [0.2, 0.25) is 5.91 Å². The Morgan fingerprint density at radius 1 is 0.967 bits per heavy atom. The van der Waals surface area contributed by atoms with Crippen molar-refractivity contribution in [3.8, 4) is 11.5 Å². The van der Waals surface area contributed by atoms with E-state index in [0.717, 1.165) is 5.56 Å². The largest absolute Gasteiger partial charge is 0.496 e. The molecule has 0 aliphatic heterocycles. The van der Waals surface area contributed by atoms with Crippen molar-refractivity contribution in [2.24, 2.45) is 0 Å². The van der Waals surface area contributed by atoms with Crippen LogP contribution in [-0.4, -0.2) is 18.9 Å². The van der Waals surface area contributed by atoms with Gasteiger partial charge in [-0.3, -0.25) is 9.59 Å². The molecule has 2 amide bonds. The lowest BCUT2D eigenvalue weighted by molar-refractivity contribution is -0.114. The number of hydrogen-bond acceptors (Lipinski definition) is 4. The van der Waals surface area contributed by atoms with Crippen LogP contribution in [0.15, 0.2) is 66.7 Å². The number of anilines is 2. The standard InChI is InChI=1S/C23H21ClN2O4/c1-15(27)25-21-13-22(29-2)19(12-20(21)24)23(28)26-17-8-10-18(11-9-17)30-14-16-6-4-3-5-7-16/h3-13H,14H2,1-2H3,(H,25,27)(H,26,28). The molecule has 30 heavy (non-hydrogen) atoms. The second-order valence-electron chi connectivity index (χ2n) is 6.47. The average molecular weight is 425 g/mol. The molecule has 0 aromatic heterocycles. The van der Waals surface area contributed by atoms with E-state index >= 15 is 0 Å². The molecule has 0 aliphatic carbocycles. The number of halogens is 1. The number of benzene rings is 3. The second kappa shape index (κ2) is 9.80. The maximum absolute atomic E-state index is 12.7. The van der Waals surface area contributed by atoms with Crippen molar-refractivity contribution in [3.05, 3.63) is 82.9 Å². The molecule has 2 N–H and O–H groups in total. The molecule has 0 saturated heterocycles. The fourth-order valence-corrected chi connectivity index (χ4v) is 2.97. The molecule has 3 aromatic rings. The Morgan fingerprint density at radius 3 is 2.30 bits per heavy atom. The van der Waals surface area contributed by atoms with Gasteiger partial charge in [0.1, 0.15) is 18.1 Å². The van der Waals surface area contributed by atoms with Crippen LogP contribution in [0.3, 0.4) is 0 Å². The summed E-state index contributed by atoms with van der Waals surface area (Å²) in [7, 11) is 1.44. The van der Waals surface area contributed by atoms with E-state index in [2.05, 4.69) is 10.6 Å². The van der Waals surface area contributed by atoms with Crippen molar-refractivity contribution in [2.75, 3.05) is 17.7 Å². The lowest BCUT2D eigenvalue weighted by atomic mass is 10.1. The Bertz CT molecular complexity index is 1040. The van der Waals surface area contributed by atoms with E-state index in [1.807, 2.05) is 30.3 Å². The Kier molecular flexibility index (Phi) is 6.93. The summed E-state index contributed by atoms with van der Waals surface area (Å²) in [5, 5.41) is 5.63. The Hall–Kier alpha value is -3.51. The summed E-state index contributed by atoms with van der Waals surface area (Å²) in [6.45, 7) is 1.83. The molecular weight excluding hydrogens is 404 g/mol. The second-order valence-corrected chi connectivity index (χ2v) is 6.87. The van der Waals surface area contributed by atoms with E-state index < -0.39 is 0 Å². The van der Waals surface area contributed by atoms with Crippen molar-refractivity contribution in [2.45, 2.75) is 13.5 Å². The first-order valence-corrected chi connectivity index (χ1v) is 9.57. The molecular formula is C23H21ClN2O4. The van der Waals surface area contributed by atoms with Crippen LogP contribution in [0.1, 0.15) is 22.8 Å². The smallest absolute Gasteiger partial charge is 0.259 e. The molecule has 3 rings (SSSR count). The zero-order valence-corrected chi connectivity index (χ0v) is 17.3. The molecule has 7 heteroatoms. The van der Waals surface area contributed by atoms with Gasteiger partial charge in [0.05, 0.1) is 23.4 Å². The highest BCUT2D eigenvalue weighted by molar-refractivity contribution is 6.34. The Balaban J connectivity index is 1.68. The van der Waals surface area contributed by atoms with Gasteiger partial charge in [-0.2, -0.15) is 0 Å². The summed E-state index contributed by atoms with van der Waals surface area (Å²) >= 11 is 6.19. The third kappa shape index (κ3) is 5.52. The molecule has 0 aliphatic rings.